The highest BCUT2D eigenvalue weighted by atomic mass is 35.5. The molecule has 3 N–H and O–H groups in total. The summed E-state index contributed by atoms with van der Waals surface area (Å²) in [6.07, 6.45) is 3.47. The third-order valence-corrected chi connectivity index (χ3v) is 1.87. The summed E-state index contributed by atoms with van der Waals surface area (Å²) < 4.78 is 0. The van der Waals surface area contributed by atoms with E-state index in [0.29, 0.717) is 6.54 Å². The van der Waals surface area contributed by atoms with Gasteiger partial charge in [0.05, 0.1) is 5.60 Å². The molecule has 1 saturated carbocycles. The lowest BCUT2D eigenvalue weighted by atomic mass is 10.00. The fraction of sp³-hybridized carbons (Fsp3) is 1.00. The van der Waals surface area contributed by atoms with Crippen molar-refractivity contribution in [3.63, 3.8) is 0 Å². The zero-order valence-electron chi connectivity index (χ0n) is 6.34. The van der Waals surface area contributed by atoms with Crippen LogP contribution in [0.5, 0.6) is 0 Å². The van der Waals surface area contributed by atoms with Gasteiger partial charge in [-0.05, 0) is 19.3 Å². The summed E-state index contributed by atoms with van der Waals surface area (Å²) in [6.45, 7) is 2.20. The molecule has 0 bridgehead atoms. The molecule has 1 aliphatic carbocycles. The van der Waals surface area contributed by atoms with E-state index in [2.05, 4.69) is 0 Å². The van der Waals surface area contributed by atoms with Gasteiger partial charge in [-0.2, -0.15) is 0 Å². The summed E-state index contributed by atoms with van der Waals surface area (Å²) in [7, 11) is 0. The summed E-state index contributed by atoms with van der Waals surface area (Å²) in [5, 5.41) is 9.41. The minimum atomic E-state index is -0.596. The molecular formula is C7H16ClNO. The Labute approximate surface area is 68.2 Å². The average molecular weight is 166 g/mol. The van der Waals surface area contributed by atoms with Gasteiger partial charge in [-0.15, -0.1) is 12.4 Å². The van der Waals surface area contributed by atoms with Crippen molar-refractivity contribution in [1.82, 2.24) is 0 Å². The fourth-order valence-electron chi connectivity index (χ4n) is 1.03. The van der Waals surface area contributed by atoms with Gasteiger partial charge in [0.1, 0.15) is 0 Å². The summed E-state index contributed by atoms with van der Waals surface area (Å²) in [6, 6.07) is 0. The molecule has 2 nitrogen and oxygen atoms in total. The molecule has 1 rings (SSSR count). The molecule has 0 aromatic carbocycles. The number of hydrogen-bond acceptors (Lipinski definition) is 2. The van der Waals surface area contributed by atoms with Crippen molar-refractivity contribution >= 4 is 12.4 Å². The second-order valence-electron chi connectivity index (χ2n) is 3.35. The lowest BCUT2D eigenvalue weighted by Crippen LogP contribution is -2.34. The smallest absolute Gasteiger partial charge is 0.0744 e. The van der Waals surface area contributed by atoms with Crippen LogP contribution in [0.3, 0.4) is 0 Å². The van der Waals surface area contributed by atoms with Crippen LogP contribution in [0, 0.1) is 5.92 Å². The van der Waals surface area contributed by atoms with Crippen LogP contribution < -0.4 is 5.73 Å². The molecule has 1 atom stereocenters. The highest BCUT2D eigenvalue weighted by Gasteiger charge is 2.30. The number of rotatable bonds is 3. The molecule has 1 unspecified atom stereocenters. The lowest BCUT2D eigenvalue weighted by molar-refractivity contribution is 0.0541. The van der Waals surface area contributed by atoms with Crippen LogP contribution in [-0.2, 0) is 0 Å². The van der Waals surface area contributed by atoms with Crippen LogP contribution in [0.1, 0.15) is 26.2 Å². The quantitative estimate of drug-likeness (QED) is 0.654. The van der Waals surface area contributed by atoms with E-state index >= 15 is 0 Å². The Morgan fingerprint density at radius 2 is 2.10 bits per heavy atom. The first-order valence-electron chi connectivity index (χ1n) is 3.56. The standard InChI is InChI=1S/C7H15NO.ClH/c1-7(9,5-8)4-6-2-3-6;/h6,9H,2-5,8H2,1H3;1H. The van der Waals surface area contributed by atoms with Gasteiger partial charge in [0.2, 0.25) is 0 Å². The summed E-state index contributed by atoms with van der Waals surface area (Å²) in [5.74, 6) is 0.767. The van der Waals surface area contributed by atoms with Gasteiger partial charge >= 0.3 is 0 Å². The van der Waals surface area contributed by atoms with Gasteiger partial charge in [0.25, 0.3) is 0 Å². The van der Waals surface area contributed by atoms with Crippen molar-refractivity contribution in [3.05, 3.63) is 0 Å². The molecule has 0 aliphatic heterocycles. The Kier molecular flexibility index (Phi) is 3.63. The van der Waals surface area contributed by atoms with E-state index in [9.17, 15) is 5.11 Å². The Balaban J connectivity index is 0.000000810. The van der Waals surface area contributed by atoms with E-state index in [-0.39, 0.29) is 12.4 Å². The Hall–Kier alpha value is 0.210. The second-order valence-corrected chi connectivity index (χ2v) is 3.35. The molecule has 1 fully saturated rings. The zero-order valence-corrected chi connectivity index (χ0v) is 7.16. The predicted octanol–water partition coefficient (Wildman–Crippen LogP) is 0.918. The highest BCUT2D eigenvalue weighted by Crippen LogP contribution is 2.36. The Morgan fingerprint density at radius 1 is 1.60 bits per heavy atom. The summed E-state index contributed by atoms with van der Waals surface area (Å²) >= 11 is 0. The van der Waals surface area contributed by atoms with Crippen molar-refractivity contribution in [2.75, 3.05) is 6.54 Å². The van der Waals surface area contributed by atoms with Gasteiger partial charge in [0, 0.05) is 6.54 Å². The molecule has 0 aromatic heterocycles. The molecule has 0 aromatic rings. The van der Waals surface area contributed by atoms with Crippen molar-refractivity contribution in [3.8, 4) is 0 Å². The molecular weight excluding hydrogens is 150 g/mol. The summed E-state index contributed by atoms with van der Waals surface area (Å²) in [4.78, 5) is 0. The second kappa shape index (κ2) is 3.56. The molecule has 10 heavy (non-hydrogen) atoms. The number of hydrogen-bond donors (Lipinski definition) is 2. The maximum absolute atomic E-state index is 9.41. The minimum Gasteiger partial charge on any atom is -0.389 e. The predicted molar refractivity (Wildman–Crippen MR) is 44.3 cm³/mol. The van der Waals surface area contributed by atoms with Gasteiger partial charge in [-0.3, -0.25) is 0 Å². The summed E-state index contributed by atoms with van der Waals surface area (Å²) in [5.41, 5.74) is 4.74. The molecule has 0 radical (unpaired) electrons. The maximum atomic E-state index is 9.41. The molecule has 1 aliphatic rings. The first-order valence-corrected chi connectivity index (χ1v) is 3.56. The third-order valence-electron chi connectivity index (χ3n) is 1.87. The van der Waals surface area contributed by atoms with Gasteiger partial charge in [-0.1, -0.05) is 12.8 Å². The number of halogens is 1. The SMILES string of the molecule is CC(O)(CN)CC1CC1.Cl. The minimum absolute atomic E-state index is 0. The number of nitrogens with two attached hydrogens (primary N) is 1. The normalized spacial score (nSPS) is 23.1. The van der Waals surface area contributed by atoms with Crippen molar-refractivity contribution in [2.45, 2.75) is 31.8 Å². The van der Waals surface area contributed by atoms with E-state index in [1.54, 1.807) is 0 Å². The van der Waals surface area contributed by atoms with Crippen molar-refractivity contribution in [1.29, 1.82) is 0 Å². The van der Waals surface area contributed by atoms with Crippen LogP contribution in [-0.4, -0.2) is 17.3 Å². The van der Waals surface area contributed by atoms with Crippen LogP contribution in [0.2, 0.25) is 0 Å². The van der Waals surface area contributed by atoms with E-state index in [1.165, 1.54) is 12.8 Å². The molecule has 0 heterocycles. The molecule has 0 saturated heterocycles. The van der Waals surface area contributed by atoms with E-state index < -0.39 is 5.60 Å². The van der Waals surface area contributed by atoms with Crippen LogP contribution in [0.4, 0.5) is 0 Å². The van der Waals surface area contributed by atoms with Crippen molar-refractivity contribution < 1.29 is 5.11 Å². The molecule has 62 valence electrons. The molecule has 0 spiro atoms. The van der Waals surface area contributed by atoms with E-state index in [4.69, 9.17) is 5.73 Å². The average Bonchev–Trinajstić information content (AvgIpc) is 2.50. The molecule has 0 amide bonds. The monoisotopic (exact) mass is 165 g/mol. The first-order chi connectivity index (χ1) is 4.14. The largest absolute Gasteiger partial charge is 0.389 e. The van der Waals surface area contributed by atoms with Gasteiger partial charge in [-0.25, -0.2) is 0 Å². The van der Waals surface area contributed by atoms with Crippen LogP contribution >= 0.6 is 12.4 Å². The Morgan fingerprint density at radius 3 is 2.40 bits per heavy atom. The zero-order chi connectivity index (χ0) is 6.91. The number of aliphatic hydroxyl groups is 1. The van der Waals surface area contributed by atoms with Crippen molar-refractivity contribution in [2.24, 2.45) is 11.7 Å². The van der Waals surface area contributed by atoms with Gasteiger partial charge in [0.15, 0.2) is 0 Å². The van der Waals surface area contributed by atoms with E-state index in [1.807, 2.05) is 6.92 Å². The fourth-order valence-corrected chi connectivity index (χ4v) is 1.03. The van der Waals surface area contributed by atoms with Crippen LogP contribution in [0.15, 0.2) is 0 Å². The lowest BCUT2D eigenvalue weighted by Gasteiger charge is -2.19. The third kappa shape index (κ3) is 3.40. The van der Waals surface area contributed by atoms with Crippen LogP contribution in [0.25, 0.3) is 0 Å². The molecule has 3 heteroatoms. The van der Waals surface area contributed by atoms with Gasteiger partial charge < -0.3 is 10.8 Å². The maximum Gasteiger partial charge on any atom is 0.0744 e. The first kappa shape index (κ1) is 10.2. The Bertz CT molecular complexity index is 102. The topological polar surface area (TPSA) is 46.2 Å². The van der Waals surface area contributed by atoms with E-state index in [0.717, 1.165) is 12.3 Å². The highest BCUT2D eigenvalue weighted by molar-refractivity contribution is 5.85.